The van der Waals surface area contributed by atoms with Crippen LogP contribution >= 0.6 is 0 Å². The summed E-state index contributed by atoms with van der Waals surface area (Å²) in [6, 6.07) is 52.8. The van der Waals surface area contributed by atoms with E-state index in [2.05, 4.69) is 58.7 Å². The molecule has 2 aliphatic heterocycles. The molecule has 10 heteroatoms. The quantitative estimate of drug-likeness (QED) is 0.0990. The highest BCUT2D eigenvalue weighted by atomic mass is 16.7. The van der Waals surface area contributed by atoms with E-state index in [0.29, 0.717) is 13.0 Å². The molecule has 6 aromatic carbocycles. The molecule has 2 N–H and O–H groups in total. The Kier molecular flexibility index (Phi) is 13.4. The minimum Gasteiger partial charge on any atom is -0.445 e. The summed E-state index contributed by atoms with van der Waals surface area (Å²) in [4.78, 5) is 42.7. The van der Waals surface area contributed by atoms with Crippen LogP contribution in [0.1, 0.15) is 64.2 Å². The fourth-order valence-corrected chi connectivity index (χ4v) is 7.99. The van der Waals surface area contributed by atoms with Crippen molar-refractivity contribution < 1.29 is 33.7 Å². The van der Waals surface area contributed by atoms with E-state index in [1.54, 1.807) is 0 Å². The fourth-order valence-electron chi connectivity index (χ4n) is 7.99. The van der Waals surface area contributed by atoms with Crippen LogP contribution in [0.3, 0.4) is 0 Å². The van der Waals surface area contributed by atoms with Gasteiger partial charge in [0.1, 0.15) is 12.6 Å². The second kappa shape index (κ2) is 19.8. The molecule has 1 unspecified atom stereocenters. The van der Waals surface area contributed by atoms with Crippen molar-refractivity contribution >= 4 is 17.9 Å². The molecule has 0 saturated carbocycles. The van der Waals surface area contributed by atoms with E-state index in [1.165, 1.54) is 16.0 Å². The van der Waals surface area contributed by atoms with Crippen LogP contribution in [0.25, 0.3) is 11.1 Å². The van der Waals surface area contributed by atoms with Gasteiger partial charge in [0.25, 0.3) is 5.91 Å². The largest absolute Gasteiger partial charge is 0.445 e. The molecule has 61 heavy (non-hydrogen) atoms. The molecule has 8 rings (SSSR count). The van der Waals surface area contributed by atoms with E-state index in [1.807, 2.05) is 115 Å². The topological polar surface area (TPSA) is 118 Å². The van der Waals surface area contributed by atoms with Crippen LogP contribution in [0, 0.1) is 0 Å². The third-order valence-corrected chi connectivity index (χ3v) is 11.2. The van der Waals surface area contributed by atoms with Crippen molar-refractivity contribution in [2.75, 3.05) is 6.54 Å². The van der Waals surface area contributed by atoms with Crippen molar-refractivity contribution in [3.05, 3.63) is 203 Å². The molecule has 2 fully saturated rings. The summed E-state index contributed by atoms with van der Waals surface area (Å²) in [5.74, 6) is -0.837. The average molecular weight is 816 g/mol. The van der Waals surface area contributed by atoms with Crippen LogP contribution in [0.4, 0.5) is 4.79 Å². The van der Waals surface area contributed by atoms with Gasteiger partial charge in [0.2, 0.25) is 5.91 Å². The van der Waals surface area contributed by atoms with Crippen molar-refractivity contribution in [3.8, 4) is 11.1 Å². The second-order valence-corrected chi connectivity index (χ2v) is 15.6. The summed E-state index contributed by atoms with van der Waals surface area (Å²) >= 11 is 0. The van der Waals surface area contributed by atoms with Crippen LogP contribution in [0.15, 0.2) is 164 Å². The molecule has 10 nitrogen and oxygen atoms in total. The summed E-state index contributed by atoms with van der Waals surface area (Å²) in [5.41, 5.74) is 8.55. The predicted molar refractivity (Wildman–Crippen MR) is 231 cm³/mol. The van der Waals surface area contributed by atoms with Crippen molar-refractivity contribution in [1.82, 2.24) is 15.1 Å². The van der Waals surface area contributed by atoms with Gasteiger partial charge < -0.3 is 24.6 Å². The van der Waals surface area contributed by atoms with Gasteiger partial charge in [-0.25, -0.2) is 4.79 Å². The Morgan fingerprint density at radius 1 is 0.689 bits per heavy atom. The van der Waals surface area contributed by atoms with Crippen LogP contribution in [-0.2, 0) is 56.6 Å². The number of carbonyl (C=O) groups excluding carboxylic acids is 3. The molecule has 2 heterocycles. The molecular formula is C51H49N3O7. The number of nitrogens with one attached hydrogen (secondary N) is 1. The van der Waals surface area contributed by atoms with E-state index in [0.717, 1.165) is 52.0 Å². The number of aliphatic hydroxyl groups excluding tert-OH is 1. The van der Waals surface area contributed by atoms with E-state index < -0.39 is 24.3 Å². The molecule has 0 aromatic heterocycles. The van der Waals surface area contributed by atoms with Gasteiger partial charge in [-0.15, -0.1) is 0 Å². The van der Waals surface area contributed by atoms with E-state index in [9.17, 15) is 19.5 Å². The summed E-state index contributed by atoms with van der Waals surface area (Å²) in [6.45, 7) is 2.29. The Labute approximate surface area is 356 Å². The van der Waals surface area contributed by atoms with Crippen molar-refractivity contribution in [3.63, 3.8) is 0 Å². The van der Waals surface area contributed by atoms with Gasteiger partial charge in [-0.05, 0) is 44.5 Å². The SMILES string of the molecule is O=C(NC1CC(=O)N(Cc2ccccc2-c2ccc([C@H]3O[C@@H](CN(Cc4ccccc4)Cc4ccccc4)C[C@@H](c4ccc(CO)cc4)O3)cc2)C1=O)OCc1ccccc1. The number of benzene rings is 6. The van der Waals surface area contributed by atoms with Crippen LogP contribution in [-0.4, -0.2) is 51.5 Å². The van der Waals surface area contributed by atoms with Gasteiger partial charge in [0.15, 0.2) is 6.29 Å². The monoisotopic (exact) mass is 815 g/mol. The Hall–Kier alpha value is -6.43. The maximum absolute atomic E-state index is 13.4. The zero-order valence-corrected chi connectivity index (χ0v) is 33.8. The molecule has 0 spiro atoms. The Balaban J connectivity index is 0.978. The van der Waals surface area contributed by atoms with Crippen LogP contribution < -0.4 is 5.32 Å². The first kappa shape index (κ1) is 41.3. The summed E-state index contributed by atoms with van der Waals surface area (Å²) in [6.07, 6.45) is -1.29. The van der Waals surface area contributed by atoms with Gasteiger partial charge in [0, 0.05) is 31.6 Å². The minimum absolute atomic E-state index is 0.0298. The third kappa shape index (κ3) is 10.7. The standard InChI is InChI=1S/C51H49N3O7/c55-34-38-20-22-41(23-21-38)47-28-44(33-53(30-36-12-4-1-5-13-36)31-37-14-6-2-7-15-37)60-50(61-47)42-26-24-40(25-27-42)45-19-11-10-18-43(45)32-54-48(56)29-46(49(54)57)52-51(58)59-35-39-16-8-3-9-17-39/h1-27,44,46-47,50,55H,28-35H2,(H,52,58)/t44-,46?,47+,50+/m1/s1. The maximum atomic E-state index is 13.4. The number of hydrogen-bond donors (Lipinski definition) is 2. The molecule has 2 aliphatic rings. The molecule has 2 saturated heterocycles. The number of amides is 3. The number of nitrogens with zero attached hydrogens (tertiary/aromatic N) is 2. The lowest BCUT2D eigenvalue weighted by atomic mass is 9.97. The number of imide groups is 1. The number of carbonyl (C=O) groups is 3. The van der Waals surface area contributed by atoms with E-state index >= 15 is 0 Å². The molecule has 0 aliphatic carbocycles. The zero-order valence-electron chi connectivity index (χ0n) is 33.8. The Morgan fingerprint density at radius 2 is 1.28 bits per heavy atom. The molecule has 3 amide bonds. The molecule has 6 aromatic rings. The third-order valence-electron chi connectivity index (χ3n) is 11.2. The highest BCUT2D eigenvalue weighted by Gasteiger charge is 2.40. The molecule has 4 atom stereocenters. The molecular weight excluding hydrogens is 767 g/mol. The van der Waals surface area contributed by atoms with Crippen molar-refractivity contribution in [2.45, 2.75) is 70.2 Å². The number of ether oxygens (including phenoxy) is 3. The summed E-state index contributed by atoms with van der Waals surface area (Å²) < 4.78 is 18.8. The first-order valence-electron chi connectivity index (χ1n) is 20.7. The maximum Gasteiger partial charge on any atom is 0.408 e. The number of likely N-dealkylation sites (tertiary alicyclic amines) is 1. The Morgan fingerprint density at radius 3 is 1.92 bits per heavy atom. The number of rotatable bonds is 15. The van der Waals surface area contributed by atoms with Crippen molar-refractivity contribution in [1.29, 1.82) is 0 Å². The lowest BCUT2D eigenvalue weighted by Gasteiger charge is -2.38. The Bertz CT molecular complexity index is 2340. The highest BCUT2D eigenvalue weighted by molar-refractivity contribution is 6.06. The van der Waals surface area contributed by atoms with E-state index in [4.69, 9.17) is 14.2 Å². The second-order valence-electron chi connectivity index (χ2n) is 15.6. The minimum atomic E-state index is -0.998. The lowest BCUT2D eigenvalue weighted by molar-refractivity contribution is -0.253. The van der Waals surface area contributed by atoms with Gasteiger partial charge in [-0.2, -0.15) is 0 Å². The summed E-state index contributed by atoms with van der Waals surface area (Å²) in [5, 5.41) is 12.3. The zero-order chi connectivity index (χ0) is 42.0. The van der Waals surface area contributed by atoms with Gasteiger partial charge in [-0.1, -0.05) is 164 Å². The van der Waals surface area contributed by atoms with Gasteiger partial charge in [-0.3, -0.25) is 19.4 Å². The number of aliphatic hydroxyl groups is 1. The first-order valence-corrected chi connectivity index (χ1v) is 20.7. The normalized spacial score (nSPS) is 19.0. The fraction of sp³-hybridized carbons (Fsp3) is 0.235. The lowest BCUT2D eigenvalue weighted by Crippen LogP contribution is -2.41. The van der Waals surface area contributed by atoms with Gasteiger partial charge >= 0.3 is 6.09 Å². The van der Waals surface area contributed by atoms with E-state index in [-0.39, 0.29) is 44.3 Å². The van der Waals surface area contributed by atoms with Crippen molar-refractivity contribution in [2.24, 2.45) is 0 Å². The molecule has 0 bridgehead atoms. The summed E-state index contributed by atoms with van der Waals surface area (Å²) in [7, 11) is 0. The molecule has 310 valence electrons. The first-order chi connectivity index (χ1) is 29.9. The smallest absolute Gasteiger partial charge is 0.408 e. The number of alkyl carbamates (subject to hydrolysis) is 1. The molecule has 0 radical (unpaired) electrons. The average Bonchev–Trinajstić information content (AvgIpc) is 3.56. The predicted octanol–water partition coefficient (Wildman–Crippen LogP) is 8.65. The highest BCUT2D eigenvalue weighted by Crippen LogP contribution is 2.39. The number of hydrogen-bond acceptors (Lipinski definition) is 8. The van der Waals surface area contributed by atoms with Gasteiger partial charge in [0.05, 0.1) is 31.8 Å². The van der Waals surface area contributed by atoms with Crippen LogP contribution in [0.2, 0.25) is 0 Å². The van der Waals surface area contributed by atoms with Crippen LogP contribution in [0.5, 0.6) is 0 Å².